The number of benzene rings is 1. The smallest absolute Gasteiger partial charge is 0.339 e. The Labute approximate surface area is 97.6 Å². The Bertz CT molecular complexity index is 492. The minimum atomic E-state index is -1.43. The topological polar surface area (TPSA) is 37.3 Å². The van der Waals surface area contributed by atoms with Gasteiger partial charge in [0.15, 0.2) is 0 Å². The van der Waals surface area contributed by atoms with Crippen LogP contribution in [0, 0.1) is 11.6 Å². The summed E-state index contributed by atoms with van der Waals surface area (Å²) < 4.78 is 27.2. The third-order valence-electron chi connectivity index (χ3n) is 2.93. The van der Waals surface area contributed by atoms with E-state index in [1.165, 1.54) is 0 Å². The van der Waals surface area contributed by atoms with Gasteiger partial charge in [0.2, 0.25) is 0 Å². The quantitative estimate of drug-likeness (QED) is 0.854. The van der Waals surface area contributed by atoms with Crippen molar-refractivity contribution in [1.82, 2.24) is 0 Å². The molecule has 0 saturated carbocycles. The molecule has 0 amide bonds. The van der Waals surface area contributed by atoms with E-state index >= 15 is 0 Å². The van der Waals surface area contributed by atoms with Gasteiger partial charge in [-0.15, -0.1) is 0 Å². The molecule has 0 saturated heterocycles. The maximum absolute atomic E-state index is 13.7. The molecule has 1 aromatic rings. The summed E-state index contributed by atoms with van der Waals surface area (Å²) in [4.78, 5) is 11.0. The van der Waals surface area contributed by atoms with Gasteiger partial charge in [0.25, 0.3) is 0 Å². The van der Waals surface area contributed by atoms with Gasteiger partial charge in [0, 0.05) is 5.56 Å². The van der Waals surface area contributed by atoms with Crippen molar-refractivity contribution in [3.05, 3.63) is 41.0 Å². The number of carbonyl (C=O) groups is 1. The molecule has 90 valence electrons. The maximum Gasteiger partial charge on any atom is 0.339 e. The first-order valence-corrected chi connectivity index (χ1v) is 5.52. The van der Waals surface area contributed by atoms with Crippen LogP contribution >= 0.6 is 0 Å². The van der Waals surface area contributed by atoms with Crippen molar-refractivity contribution >= 4 is 11.5 Å². The van der Waals surface area contributed by atoms with Crippen molar-refractivity contribution in [2.24, 2.45) is 0 Å². The van der Waals surface area contributed by atoms with Crippen LogP contribution in [0.5, 0.6) is 0 Å². The van der Waals surface area contributed by atoms with Gasteiger partial charge >= 0.3 is 5.97 Å². The molecule has 17 heavy (non-hydrogen) atoms. The number of rotatable bonds is 2. The fourth-order valence-corrected chi connectivity index (χ4v) is 2.14. The lowest BCUT2D eigenvalue weighted by Gasteiger charge is -2.16. The number of carboxylic acid groups (broad SMARTS) is 1. The van der Waals surface area contributed by atoms with Crippen LogP contribution in [-0.4, -0.2) is 11.1 Å². The Hall–Kier alpha value is -1.71. The summed E-state index contributed by atoms with van der Waals surface area (Å²) in [6.07, 6.45) is 5.06. The molecule has 0 heterocycles. The molecule has 1 aromatic carbocycles. The van der Waals surface area contributed by atoms with Crippen molar-refractivity contribution in [2.75, 3.05) is 0 Å². The molecule has 0 bridgehead atoms. The molecule has 0 fully saturated rings. The summed E-state index contributed by atoms with van der Waals surface area (Å²) in [6.45, 7) is 0. The Morgan fingerprint density at radius 1 is 1.18 bits per heavy atom. The molecule has 1 aliphatic rings. The van der Waals surface area contributed by atoms with Crippen molar-refractivity contribution in [2.45, 2.75) is 25.7 Å². The molecule has 0 radical (unpaired) electrons. The van der Waals surface area contributed by atoms with Gasteiger partial charge < -0.3 is 5.11 Å². The monoisotopic (exact) mass is 238 g/mol. The first kappa shape index (κ1) is 11.8. The highest BCUT2D eigenvalue weighted by Crippen LogP contribution is 2.32. The van der Waals surface area contributed by atoms with Crippen molar-refractivity contribution in [3.8, 4) is 0 Å². The van der Waals surface area contributed by atoms with Crippen LogP contribution in [0.1, 0.15) is 41.6 Å². The highest BCUT2D eigenvalue weighted by Gasteiger charge is 2.23. The van der Waals surface area contributed by atoms with Crippen LogP contribution in [0.15, 0.2) is 18.2 Å². The third kappa shape index (κ3) is 2.20. The predicted octanol–water partition coefficient (Wildman–Crippen LogP) is 3.62. The molecule has 0 aromatic heterocycles. The second-order valence-corrected chi connectivity index (χ2v) is 4.06. The summed E-state index contributed by atoms with van der Waals surface area (Å²) in [7, 11) is 0. The minimum Gasteiger partial charge on any atom is -0.478 e. The average molecular weight is 238 g/mol. The van der Waals surface area contributed by atoms with E-state index in [2.05, 4.69) is 0 Å². The van der Waals surface area contributed by atoms with Gasteiger partial charge in [-0.1, -0.05) is 6.08 Å². The first-order valence-electron chi connectivity index (χ1n) is 5.52. The second kappa shape index (κ2) is 4.65. The van der Waals surface area contributed by atoms with Crippen LogP contribution in [0.2, 0.25) is 0 Å². The molecule has 0 spiro atoms. The third-order valence-corrected chi connectivity index (χ3v) is 2.93. The molecular weight excluding hydrogens is 226 g/mol. The van der Waals surface area contributed by atoms with Crippen molar-refractivity contribution in [3.63, 3.8) is 0 Å². The predicted molar refractivity (Wildman–Crippen MR) is 59.8 cm³/mol. The summed E-state index contributed by atoms with van der Waals surface area (Å²) in [6, 6.07) is 1.83. The number of aromatic carboxylic acids is 1. The van der Waals surface area contributed by atoms with E-state index in [0.29, 0.717) is 12.0 Å². The molecule has 2 rings (SSSR count). The Morgan fingerprint density at radius 2 is 1.88 bits per heavy atom. The lowest BCUT2D eigenvalue weighted by Crippen LogP contribution is -2.09. The zero-order chi connectivity index (χ0) is 12.4. The summed E-state index contributed by atoms with van der Waals surface area (Å²) in [5.41, 5.74) is -0.0407. The van der Waals surface area contributed by atoms with Gasteiger partial charge in [0.1, 0.15) is 17.2 Å². The van der Waals surface area contributed by atoms with Gasteiger partial charge in [-0.2, -0.15) is 0 Å². The summed E-state index contributed by atoms with van der Waals surface area (Å²) in [5, 5.41) is 8.97. The average Bonchev–Trinajstić information content (AvgIpc) is 2.32. The number of carboxylic acids is 1. The lowest BCUT2D eigenvalue weighted by atomic mass is 9.90. The normalized spacial score (nSPS) is 15.5. The Morgan fingerprint density at radius 3 is 2.47 bits per heavy atom. The second-order valence-electron chi connectivity index (χ2n) is 4.06. The van der Waals surface area contributed by atoms with Crippen molar-refractivity contribution in [1.29, 1.82) is 0 Å². The molecule has 4 heteroatoms. The molecular formula is C13H12F2O2. The van der Waals surface area contributed by atoms with E-state index in [4.69, 9.17) is 5.11 Å². The maximum atomic E-state index is 13.7. The number of halogens is 2. The highest BCUT2D eigenvalue weighted by molar-refractivity contribution is 5.94. The largest absolute Gasteiger partial charge is 0.478 e. The van der Waals surface area contributed by atoms with Crippen LogP contribution in [0.3, 0.4) is 0 Å². The SMILES string of the molecule is O=C(O)c1c(F)ccc(F)c1C1=CCCCC1. The van der Waals surface area contributed by atoms with Gasteiger partial charge in [0.05, 0.1) is 0 Å². The number of hydrogen-bond acceptors (Lipinski definition) is 1. The number of allylic oxidation sites excluding steroid dienone is 2. The summed E-state index contributed by atoms with van der Waals surface area (Å²) in [5.74, 6) is -2.99. The zero-order valence-corrected chi connectivity index (χ0v) is 9.17. The van der Waals surface area contributed by atoms with E-state index in [1.807, 2.05) is 0 Å². The van der Waals surface area contributed by atoms with Gasteiger partial charge in [-0.3, -0.25) is 0 Å². The molecule has 0 atom stereocenters. The van der Waals surface area contributed by atoms with E-state index in [0.717, 1.165) is 31.4 Å². The highest BCUT2D eigenvalue weighted by atomic mass is 19.1. The van der Waals surface area contributed by atoms with Crippen LogP contribution in [-0.2, 0) is 0 Å². The lowest BCUT2D eigenvalue weighted by molar-refractivity contribution is 0.0691. The molecule has 2 nitrogen and oxygen atoms in total. The van der Waals surface area contributed by atoms with E-state index < -0.39 is 23.2 Å². The van der Waals surface area contributed by atoms with Crippen LogP contribution in [0.4, 0.5) is 8.78 Å². The molecule has 0 unspecified atom stereocenters. The fourth-order valence-electron chi connectivity index (χ4n) is 2.14. The van der Waals surface area contributed by atoms with Gasteiger partial charge in [-0.25, -0.2) is 13.6 Å². The van der Waals surface area contributed by atoms with E-state index in [1.54, 1.807) is 6.08 Å². The van der Waals surface area contributed by atoms with Gasteiger partial charge in [-0.05, 0) is 43.4 Å². The number of hydrogen-bond donors (Lipinski definition) is 1. The van der Waals surface area contributed by atoms with Crippen molar-refractivity contribution < 1.29 is 18.7 Å². The Balaban J connectivity index is 2.62. The van der Waals surface area contributed by atoms with E-state index in [9.17, 15) is 13.6 Å². The fraction of sp³-hybridized carbons (Fsp3) is 0.308. The molecule has 1 aliphatic carbocycles. The summed E-state index contributed by atoms with van der Waals surface area (Å²) >= 11 is 0. The molecule has 0 aliphatic heterocycles. The van der Waals surface area contributed by atoms with Crippen LogP contribution < -0.4 is 0 Å². The van der Waals surface area contributed by atoms with Crippen LogP contribution in [0.25, 0.3) is 5.57 Å². The van der Waals surface area contributed by atoms with E-state index in [-0.39, 0.29) is 5.56 Å². The standard InChI is InChI=1S/C13H12F2O2/c14-9-6-7-10(15)12(13(16)17)11(9)8-4-2-1-3-5-8/h4,6-7H,1-3,5H2,(H,16,17). The first-order chi connectivity index (χ1) is 8.11. The molecule has 1 N–H and O–H groups in total. The zero-order valence-electron chi connectivity index (χ0n) is 9.17. The Kier molecular flexibility index (Phi) is 3.22. The minimum absolute atomic E-state index is 0.0859.